The molecule has 0 bridgehead atoms. The van der Waals surface area contributed by atoms with Gasteiger partial charge in [-0.1, -0.05) is 13.8 Å². The second-order valence-electron chi connectivity index (χ2n) is 6.26. The Hall–Kier alpha value is -2.63. The van der Waals surface area contributed by atoms with E-state index >= 15 is 0 Å². The Bertz CT molecular complexity index is 1110. The van der Waals surface area contributed by atoms with Crippen LogP contribution in [0, 0.1) is 0 Å². The van der Waals surface area contributed by atoms with Gasteiger partial charge in [0.15, 0.2) is 0 Å². The molecular weight excluding hydrogens is 430 g/mol. The zero-order valence-corrected chi connectivity index (χ0v) is 18.8. The van der Waals surface area contributed by atoms with Crippen molar-refractivity contribution in [3.05, 3.63) is 42.5 Å². The highest BCUT2D eigenvalue weighted by atomic mass is 32.2. The van der Waals surface area contributed by atoms with Gasteiger partial charge in [0.05, 0.1) is 22.6 Å². The zero-order valence-electron chi connectivity index (χ0n) is 17.2. The lowest BCUT2D eigenvalue weighted by Crippen LogP contribution is -2.30. The number of hydrogen-bond donors (Lipinski definition) is 2. The van der Waals surface area contributed by atoms with Crippen LogP contribution in [-0.2, 0) is 24.8 Å². The van der Waals surface area contributed by atoms with Gasteiger partial charge in [0.25, 0.3) is 10.0 Å². The predicted octanol–water partition coefficient (Wildman–Crippen LogP) is 2.48. The van der Waals surface area contributed by atoms with E-state index in [9.17, 15) is 21.6 Å². The highest BCUT2D eigenvalue weighted by molar-refractivity contribution is 7.92. The summed E-state index contributed by atoms with van der Waals surface area (Å²) < 4.78 is 59.6. The van der Waals surface area contributed by atoms with E-state index < -0.39 is 20.0 Å². The van der Waals surface area contributed by atoms with Crippen LogP contribution in [0.15, 0.2) is 52.3 Å². The minimum atomic E-state index is -4.04. The number of methoxy groups -OCH3 is 1. The molecule has 2 N–H and O–H groups in total. The van der Waals surface area contributed by atoms with Crippen molar-refractivity contribution in [2.45, 2.75) is 30.6 Å². The van der Waals surface area contributed by atoms with Crippen molar-refractivity contribution in [3.63, 3.8) is 0 Å². The van der Waals surface area contributed by atoms with Gasteiger partial charge in [-0.05, 0) is 42.5 Å². The van der Waals surface area contributed by atoms with E-state index in [0.29, 0.717) is 18.8 Å². The normalized spacial score (nSPS) is 11.9. The van der Waals surface area contributed by atoms with Crippen LogP contribution < -0.4 is 14.8 Å². The second-order valence-corrected chi connectivity index (χ2v) is 9.88. The number of carbonyl (C=O) groups excluding carboxylic acids is 1. The third-order valence-corrected chi connectivity index (χ3v) is 7.69. The Kier molecular flexibility index (Phi) is 7.45. The van der Waals surface area contributed by atoms with Crippen molar-refractivity contribution in [2.24, 2.45) is 0 Å². The standard InChI is InChI=1S/C19H25N3O6S2/c1-5-22(6-2)30(26,27)17-10-8-16(9-11-17)29(24,25)21-18-13-15(20-14(3)23)7-12-19(18)28-4/h7-13,21H,5-6H2,1-4H3,(H,20,23). The number of amides is 1. The van der Waals surface area contributed by atoms with Gasteiger partial charge in [-0.15, -0.1) is 0 Å². The van der Waals surface area contributed by atoms with Gasteiger partial charge in [-0.2, -0.15) is 4.31 Å². The van der Waals surface area contributed by atoms with Gasteiger partial charge in [-0.3, -0.25) is 9.52 Å². The molecule has 0 radical (unpaired) electrons. The number of rotatable bonds is 9. The lowest BCUT2D eigenvalue weighted by molar-refractivity contribution is -0.114. The summed E-state index contributed by atoms with van der Waals surface area (Å²) in [6.07, 6.45) is 0. The van der Waals surface area contributed by atoms with E-state index in [-0.39, 0.29) is 27.1 Å². The molecule has 2 aromatic carbocycles. The first kappa shape index (κ1) is 23.6. The number of ether oxygens (including phenoxy) is 1. The zero-order chi connectivity index (χ0) is 22.5. The average molecular weight is 456 g/mol. The summed E-state index contributed by atoms with van der Waals surface area (Å²) in [4.78, 5) is 11.1. The van der Waals surface area contributed by atoms with Gasteiger partial charge >= 0.3 is 0 Å². The molecular formula is C19H25N3O6S2. The molecule has 164 valence electrons. The predicted molar refractivity (Wildman–Crippen MR) is 115 cm³/mol. The minimum Gasteiger partial charge on any atom is -0.495 e. The molecule has 0 aliphatic carbocycles. The third kappa shape index (κ3) is 5.29. The lowest BCUT2D eigenvalue weighted by Gasteiger charge is -2.18. The first-order valence-electron chi connectivity index (χ1n) is 9.13. The summed E-state index contributed by atoms with van der Waals surface area (Å²) in [6.45, 7) is 5.41. The van der Waals surface area contributed by atoms with Crippen molar-refractivity contribution < 1.29 is 26.4 Å². The highest BCUT2D eigenvalue weighted by Gasteiger charge is 2.23. The van der Waals surface area contributed by atoms with Gasteiger partial charge in [0.1, 0.15) is 5.75 Å². The number of carbonyl (C=O) groups is 1. The van der Waals surface area contributed by atoms with Crippen LogP contribution in [0.1, 0.15) is 20.8 Å². The van der Waals surface area contributed by atoms with E-state index in [2.05, 4.69) is 10.0 Å². The molecule has 0 spiro atoms. The molecule has 0 heterocycles. The van der Waals surface area contributed by atoms with Crippen LogP contribution in [0.3, 0.4) is 0 Å². The molecule has 2 rings (SSSR count). The number of anilines is 2. The first-order valence-corrected chi connectivity index (χ1v) is 12.1. The first-order chi connectivity index (χ1) is 14.0. The lowest BCUT2D eigenvalue weighted by atomic mass is 10.2. The Labute approximate surface area is 177 Å². The molecule has 1 amide bonds. The summed E-state index contributed by atoms with van der Waals surface area (Å²) in [7, 11) is -6.34. The van der Waals surface area contributed by atoms with E-state index in [0.717, 1.165) is 0 Å². The maximum Gasteiger partial charge on any atom is 0.262 e. The van der Waals surface area contributed by atoms with Gasteiger partial charge in [-0.25, -0.2) is 16.8 Å². The Morgan fingerprint density at radius 1 is 0.967 bits per heavy atom. The highest BCUT2D eigenvalue weighted by Crippen LogP contribution is 2.30. The Morgan fingerprint density at radius 3 is 2.03 bits per heavy atom. The molecule has 0 aliphatic heterocycles. The summed E-state index contributed by atoms with van der Waals surface area (Å²) in [5, 5.41) is 2.57. The summed E-state index contributed by atoms with van der Waals surface area (Å²) in [5.74, 6) is -0.0487. The summed E-state index contributed by atoms with van der Waals surface area (Å²) >= 11 is 0. The Morgan fingerprint density at radius 2 is 1.53 bits per heavy atom. The van der Waals surface area contributed by atoms with Crippen molar-refractivity contribution in [1.82, 2.24) is 4.31 Å². The van der Waals surface area contributed by atoms with Crippen molar-refractivity contribution in [3.8, 4) is 5.75 Å². The van der Waals surface area contributed by atoms with Crippen molar-refractivity contribution in [2.75, 3.05) is 30.2 Å². The molecule has 30 heavy (non-hydrogen) atoms. The smallest absolute Gasteiger partial charge is 0.262 e. The molecule has 2 aromatic rings. The van der Waals surface area contributed by atoms with Crippen LogP contribution in [0.25, 0.3) is 0 Å². The van der Waals surface area contributed by atoms with Crippen LogP contribution in [0.2, 0.25) is 0 Å². The van der Waals surface area contributed by atoms with Gasteiger partial charge in [0.2, 0.25) is 15.9 Å². The van der Waals surface area contributed by atoms with Gasteiger partial charge in [0, 0.05) is 25.7 Å². The third-order valence-electron chi connectivity index (χ3n) is 4.24. The van der Waals surface area contributed by atoms with E-state index in [4.69, 9.17) is 4.74 Å². The molecule has 0 saturated heterocycles. The molecule has 0 aromatic heterocycles. The van der Waals surface area contributed by atoms with Crippen LogP contribution in [0.4, 0.5) is 11.4 Å². The topological polar surface area (TPSA) is 122 Å². The van der Waals surface area contributed by atoms with E-state index in [1.807, 2.05) is 0 Å². The van der Waals surface area contributed by atoms with Crippen LogP contribution in [0.5, 0.6) is 5.75 Å². The fourth-order valence-corrected chi connectivity index (χ4v) is 5.30. The average Bonchev–Trinajstić information content (AvgIpc) is 2.68. The van der Waals surface area contributed by atoms with Crippen LogP contribution >= 0.6 is 0 Å². The molecule has 0 saturated carbocycles. The molecule has 0 atom stereocenters. The second kappa shape index (κ2) is 9.45. The number of nitrogens with one attached hydrogen (secondary N) is 2. The molecule has 0 fully saturated rings. The number of nitrogens with zero attached hydrogens (tertiary/aromatic N) is 1. The number of hydrogen-bond acceptors (Lipinski definition) is 6. The van der Waals surface area contributed by atoms with E-state index in [1.165, 1.54) is 54.7 Å². The van der Waals surface area contributed by atoms with Crippen molar-refractivity contribution >= 4 is 37.3 Å². The van der Waals surface area contributed by atoms with Crippen molar-refractivity contribution in [1.29, 1.82) is 0 Å². The molecule has 11 heteroatoms. The maximum atomic E-state index is 12.8. The molecule has 0 aliphatic rings. The number of benzene rings is 2. The largest absolute Gasteiger partial charge is 0.495 e. The summed E-state index contributed by atoms with van der Waals surface area (Å²) in [6, 6.07) is 9.48. The monoisotopic (exact) mass is 455 g/mol. The number of sulfonamides is 2. The fraction of sp³-hybridized carbons (Fsp3) is 0.316. The fourth-order valence-electron chi connectivity index (χ4n) is 2.78. The molecule has 9 nitrogen and oxygen atoms in total. The van der Waals surface area contributed by atoms with Crippen LogP contribution in [-0.4, -0.2) is 47.2 Å². The summed E-state index contributed by atoms with van der Waals surface area (Å²) in [5.41, 5.74) is 0.519. The van der Waals surface area contributed by atoms with E-state index in [1.54, 1.807) is 19.9 Å². The maximum absolute atomic E-state index is 12.8. The Balaban J connectivity index is 2.36. The SMILES string of the molecule is CCN(CC)S(=O)(=O)c1ccc(S(=O)(=O)Nc2cc(NC(C)=O)ccc2OC)cc1. The molecule has 0 unspecified atom stereocenters. The quantitative estimate of drug-likeness (QED) is 0.599. The minimum absolute atomic E-state index is 0.00962. The van der Waals surface area contributed by atoms with Gasteiger partial charge < -0.3 is 10.1 Å².